The zero-order valence-corrected chi connectivity index (χ0v) is 14.1. The number of rotatable bonds is 1. The van der Waals surface area contributed by atoms with E-state index >= 15 is 0 Å². The molecular weight excluding hydrogens is 286 g/mol. The van der Waals surface area contributed by atoms with E-state index < -0.39 is 29.4 Å². The van der Waals surface area contributed by atoms with Crippen LogP contribution in [-0.4, -0.2) is 46.0 Å². The number of nitrogens with zero attached hydrogens (tertiary/aromatic N) is 1. The molecule has 2 fully saturated rings. The van der Waals surface area contributed by atoms with Gasteiger partial charge >= 0.3 is 12.1 Å². The van der Waals surface area contributed by atoms with Crippen molar-refractivity contribution in [3.05, 3.63) is 0 Å². The Bertz CT molecular complexity index is 458. The number of hydrogen-bond acceptors (Lipinski definition) is 4. The van der Waals surface area contributed by atoms with Gasteiger partial charge in [-0.3, -0.25) is 4.90 Å². The molecule has 6 heteroatoms. The standard InChI is InChI=1S/C16H27NO5/c1-10-6-7-16(8-11(10)2)17(12(9-21-16)13(18)19)14(20)22-15(3,4)5/h10-12H,6-9H2,1-5H3,(H,18,19). The third kappa shape index (κ3) is 3.21. The minimum atomic E-state index is -1.05. The highest BCUT2D eigenvalue weighted by Gasteiger charge is 2.56. The van der Waals surface area contributed by atoms with Gasteiger partial charge in [-0.2, -0.15) is 0 Å². The van der Waals surface area contributed by atoms with Gasteiger partial charge in [-0.15, -0.1) is 0 Å². The van der Waals surface area contributed by atoms with Gasteiger partial charge < -0.3 is 14.6 Å². The Hall–Kier alpha value is -1.30. The Balaban J connectivity index is 2.29. The average Bonchev–Trinajstić information content (AvgIpc) is 2.72. The first-order valence-electron chi connectivity index (χ1n) is 7.95. The summed E-state index contributed by atoms with van der Waals surface area (Å²) >= 11 is 0. The van der Waals surface area contributed by atoms with Crippen LogP contribution in [0.5, 0.6) is 0 Å². The number of aliphatic carboxylic acids is 1. The quantitative estimate of drug-likeness (QED) is 0.805. The molecule has 0 aromatic heterocycles. The molecule has 126 valence electrons. The van der Waals surface area contributed by atoms with E-state index in [1.165, 1.54) is 4.90 Å². The number of carbonyl (C=O) groups excluding carboxylic acids is 1. The normalized spacial score (nSPS) is 35.7. The van der Waals surface area contributed by atoms with Crippen molar-refractivity contribution in [2.75, 3.05) is 6.61 Å². The van der Waals surface area contributed by atoms with E-state index in [1.54, 1.807) is 20.8 Å². The highest BCUT2D eigenvalue weighted by atomic mass is 16.6. The van der Waals surface area contributed by atoms with Crippen LogP contribution in [0.25, 0.3) is 0 Å². The third-order valence-corrected chi connectivity index (χ3v) is 4.74. The Labute approximate surface area is 131 Å². The molecule has 2 rings (SSSR count). The van der Waals surface area contributed by atoms with Gasteiger partial charge in [0.25, 0.3) is 0 Å². The lowest BCUT2D eigenvalue weighted by molar-refractivity contribution is -0.147. The van der Waals surface area contributed by atoms with Crippen LogP contribution in [0.2, 0.25) is 0 Å². The number of ether oxygens (including phenoxy) is 2. The summed E-state index contributed by atoms with van der Waals surface area (Å²) in [6, 6.07) is -0.976. The number of amides is 1. The Morgan fingerprint density at radius 1 is 1.27 bits per heavy atom. The topological polar surface area (TPSA) is 76.1 Å². The fraction of sp³-hybridized carbons (Fsp3) is 0.875. The first kappa shape index (κ1) is 17.1. The molecule has 22 heavy (non-hydrogen) atoms. The number of carboxylic acids is 1. The fourth-order valence-electron chi connectivity index (χ4n) is 3.34. The van der Waals surface area contributed by atoms with E-state index in [2.05, 4.69) is 13.8 Å². The molecule has 1 heterocycles. The highest BCUT2D eigenvalue weighted by Crippen LogP contribution is 2.45. The lowest BCUT2D eigenvalue weighted by Gasteiger charge is -2.45. The van der Waals surface area contributed by atoms with Gasteiger partial charge in [0.1, 0.15) is 11.3 Å². The maximum Gasteiger partial charge on any atom is 0.413 e. The highest BCUT2D eigenvalue weighted by molar-refractivity contribution is 5.81. The van der Waals surface area contributed by atoms with Crippen molar-refractivity contribution in [1.29, 1.82) is 0 Å². The molecule has 0 aromatic rings. The minimum absolute atomic E-state index is 0.0235. The molecule has 1 spiro atoms. The first-order valence-corrected chi connectivity index (χ1v) is 7.95. The molecule has 6 nitrogen and oxygen atoms in total. The molecule has 0 radical (unpaired) electrons. The molecule has 1 amide bonds. The van der Waals surface area contributed by atoms with Crippen LogP contribution < -0.4 is 0 Å². The molecule has 0 bridgehead atoms. The average molecular weight is 313 g/mol. The summed E-state index contributed by atoms with van der Waals surface area (Å²) in [4.78, 5) is 25.5. The second-order valence-electron chi connectivity index (χ2n) is 7.66. The van der Waals surface area contributed by atoms with Gasteiger partial charge in [-0.25, -0.2) is 9.59 Å². The van der Waals surface area contributed by atoms with Crippen LogP contribution in [0.15, 0.2) is 0 Å². The smallest absolute Gasteiger partial charge is 0.413 e. The molecule has 1 N–H and O–H groups in total. The van der Waals surface area contributed by atoms with Crippen molar-refractivity contribution < 1.29 is 24.2 Å². The summed E-state index contributed by atoms with van der Waals surface area (Å²) in [6.45, 7) is 9.65. The van der Waals surface area contributed by atoms with E-state index in [-0.39, 0.29) is 6.61 Å². The molecule has 2 aliphatic rings. The second kappa shape index (κ2) is 5.72. The summed E-state index contributed by atoms with van der Waals surface area (Å²) in [7, 11) is 0. The molecular formula is C16H27NO5. The maximum absolute atomic E-state index is 12.6. The van der Waals surface area contributed by atoms with Crippen molar-refractivity contribution in [2.45, 2.75) is 71.2 Å². The summed E-state index contributed by atoms with van der Waals surface area (Å²) < 4.78 is 11.3. The maximum atomic E-state index is 12.6. The Morgan fingerprint density at radius 3 is 2.41 bits per heavy atom. The van der Waals surface area contributed by atoms with Crippen LogP contribution in [0.4, 0.5) is 4.79 Å². The van der Waals surface area contributed by atoms with E-state index in [4.69, 9.17) is 9.47 Å². The Kier molecular flexibility index (Phi) is 4.44. The molecule has 1 aliphatic heterocycles. The van der Waals surface area contributed by atoms with Crippen molar-refractivity contribution in [2.24, 2.45) is 11.8 Å². The molecule has 4 atom stereocenters. The van der Waals surface area contributed by atoms with Gasteiger partial charge in [-0.05, 0) is 51.9 Å². The van der Waals surface area contributed by atoms with Gasteiger partial charge in [0.2, 0.25) is 0 Å². The lowest BCUT2D eigenvalue weighted by atomic mass is 9.76. The van der Waals surface area contributed by atoms with Gasteiger partial charge in [-0.1, -0.05) is 13.8 Å². The van der Waals surface area contributed by atoms with Crippen molar-refractivity contribution in [3.8, 4) is 0 Å². The largest absolute Gasteiger partial charge is 0.480 e. The summed E-state index contributed by atoms with van der Waals surface area (Å²) in [5.41, 5.74) is -1.51. The van der Waals surface area contributed by atoms with Crippen molar-refractivity contribution >= 4 is 12.1 Å². The van der Waals surface area contributed by atoms with Crippen LogP contribution >= 0.6 is 0 Å². The zero-order chi connectivity index (χ0) is 16.7. The fourth-order valence-corrected chi connectivity index (χ4v) is 3.34. The monoisotopic (exact) mass is 313 g/mol. The van der Waals surface area contributed by atoms with E-state index in [9.17, 15) is 14.7 Å². The third-order valence-electron chi connectivity index (χ3n) is 4.74. The predicted molar refractivity (Wildman–Crippen MR) is 80.4 cm³/mol. The Morgan fingerprint density at radius 2 is 1.91 bits per heavy atom. The predicted octanol–water partition coefficient (Wildman–Crippen LogP) is 2.86. The first-order chi connectivity index (χ1) is 10.1. The van der Waals surface area contributed by atoms with Crippen LogP contribution in [0.3, 0.4) is 0 Å². The summed E-state index contributed by atoms with van der Waals surface area (Å²) in [6.07, 6.45) is 1.62. The van der Waals surface area contributed by atoms with E-state index in [0.29, 0.717) is 24.7 Å². The van der Waals surface area contributed by atoms with Gasteiger partial charge in [0.05, 0.1) is 6.61 Å². The van der Waals surface area contributed by atoms with Gasteiger partial charge in [0.15, 0.2) is 6.04 Å². The van der Waals surface area contributed by atoms with E-state index in [0.717, 1.165) is 6.42 Å². The lowest BCUT2D eigenvalue weighted by Crippen LogP contribution is -2.57. The van der Waals surface area contributed by atoms with Crippen LogP contribution in [0.1, 0.15) is 53.9 Å². The number of carboxylic acid groups (broad SMARTS) is 1. The number of carbonyl (C=O) groups is 2. The molecule has 1 aliphatic carbocycles. The number of hydrogen-bond donors (Lipinski definition) is 1. The second-order valence-corrected chi connectivity index (χ2v) is 7.66. The van der Waals surface area contributed by atoms with Crippen molar-refractivity contribution in [3.63, 3.8) is 0 Å². The molecule has 1 saturated carbocycles. The summed E-state index contributed by atoms with van der Waals surface area (Å²) in [5, 5.41) is 9.43. The van der Waals surface area contributed by atoms with Gasteiger partial charge in [0, 0.05) is 0 Å². The van der Waals surface area contributed by atoms with Crippen LogP contribution in [-0.2, 0) is 14.3 Å². The van der Waals surface area contributed by atoms with Crippen LogP contribution in [0, 0.1) is 11.8 Å². The SMILES string of the molecule is CC1CCC2(CC1C)OCC(C(=O)O)N2C(=O)OC(C)(C)C. The minimum Gasteiger partial charge on any atom is -0.480 e. The molecule has 0 aromatic carbocycles. The summed E-state index contributed by atoms with van der Waals surface area (Å²) in [5.74, 6) is -0.140. The molecule has 4 unspecified atom stereocenters. The van der Waals surface area contributed by atoms with Crippen molar-refractivity contribution in [1.82, 2.24) is 4.90 Å². The zero-order valence-electron chi connectivity index (χ0n) is 14.1. The molecule has 1 saturated heterocycles. The van der Waals surface area contributed by atoms with E-state index in [1.807, 2.05) is 0 Å².